The summed E-state index contributed by atoms with van der Waals surface area (Å²) in [6.45, 7) is 5.97. The van der Waals surface area contributed by atoms with E-state index in [0.29, 0.717) is 16.8 Å². The molecule has 0 radical (unpaired) electrons. The third-order valence-electron chi connectivity index (χ3n) is 5.86. The summed E-state index contributed by atoms with van der Waals surface area (Å²) in [5, 5.41) is 12.7. The van der Waals surface area contributed by atoms with E-state index in [0.717, 1.165) is 24.7 Å². The van der Waals surface area contributed by atoms with E-state index in [2.05, 4.69) is 52.5 Å². The third kappa shape index (κ3) is 4.18. The van der Waals surface area contributed by atoms with E-state index in [-0.39, 0.29) is 5.91 Å². The third-order valence-corrected chi connectivity index (χ3v) is 6.76. The number of carbonyl (C=O) groups is 1. The number of rotatable bonds is 4. The van der Waals surface area contributed by atoms with Gasteiger partial charge in [0.1, 0.15) is 0 Å². The van der Waals surface area contributed by atoms with Crippen LogP contribution in [0, 0.1) is 25.7 Å². The van der Waals surface area contributed by atoms with Crippen molar-refractivity contribution in [2.45, 2.75) is 51.1 Å². The lowest BCUT2D eigenvalue weighted by Crippen LogP contribution is -2.45. The Kier molecular flexibility index (Phi) is 5.48. The minimum absolute atomic E-state index is 0.207. The lowest BCUT2D eigenvalue weighted by Gasteiger charge is -2.41. The van der Waals surface area contributed by atoms with Gasteiger partial charge in [-0.1, -0.05) is 37.1 Å². The fraction of sp³-hybridized carbons (Fsp3) is 0.600. The van der Waals surface area contributed by atoms with E-state index in [1.54, 1.807) is 4.68 Å². The summed E-state index contributed by atoms with van der Waals surface area (Å²) < 4.78 is 1.73. The van der Waals surface area contributed by atoms with Crippen molar-refractivity contribution in [1.29, 1.82) is 0 Å². The molecule has 1 aliphatic carbocycles. The molecular weight excluding hydrogens is 358 g/mol. The molecule has 27 heavy (non-hydrogen) atoms. The smallest absolute Gasteiger partial charge is 0.233 e. The van der Waals surface area contributed by atoms with Gasteiger partial charge >= 0.3 is 0 Å². The molecule has 1 saturated heterocycles. The van der Waals surface area contributed by atoms with Crippen molar-refractivity contribution in [1.82, 2.24) is 25.1 Å². The summed E-state index contributed by atoms with van der Waals surface area (Å²) in [5.41, 5.74) is 3.28. The van der Waals surface area contributed by atoms with Gasteiger partial charge in [0.25, 0.3) is 0 Å². The number of carbonyl (C=O) groups excluding carboxylic acids is 1. The molecule has 2 atom stereocenters. The number of nitrogens with zero attached hydrogens (tertiary/aromatic N) is 5. The lowest BCUT2D eigenvalue weighted by molar-refractivity contribution is -0.131. The normalized spacial score (nSPS) is 22.5. The van der Waals surface area contributed by atoms with Gasteiger partial charge in [0.15, 0.2) is 0 Å². The molecule has 2 fully saturated rings. The highest BCUT2D eigenvalue weighted by Crippen LogP contribution is 2.36. The first-order valence-electron chi connectivity index (χ1n) is 9.88. The highest BCUT2D eigenvalue weighted by molar-refractivity contribution is 7.99. The van der Waals surface area contributed by atoms with E-state index in [9.17, 15) is 4.79 Å². The monoisotopic (exact) mass is 385 g/mol. The van der Waals surface area contributed by atoms with Crippen LogP contribution in [0.3, 0.4) is 0 Å². The first-order valence-corrected chi connectivity index (χ1v) is 10.9. The molecule has 0 spiro atoms. The molecule has 144 valence electrons. The zero-order chi connectivity index (χ0) is 18.8. The number of hydrogen-bond acceptors (Lipinski definition) is 5. The van der Waals surface area contributed by atoms with Gasteiger partial charge < -0.3 is 4.90 Å². The SMILES string of the molecule is Cc1cc(C)cc(-n2nnnc2SCC(=O)N2CC[C@H]3CCCC[C@H]3C2)c1. The molecule has 0 bridgehead atoms. The number of thioether (sulfide) groups is 1. The van der Waals surface area contributed by atoms with Gasteiger partial charge in [-0.2, -0.15) is 4.68 Å². The topological polar surface area (TPSA) is 63.9 Å². The molecule has 6 nitrogen and oxygen atoms in total. The first kappa shape index (κ1) is 18.5. The highest BCUT2D eigenvalue weighted by Gasteiger charge is 2.32. The number of aryl methyl sites for hydroxylation is 2. The summed E-state index contributed by atoms with van der Waals surface area (Å²) in [7, 11) is 0. The second-order valence-corrected chi connectivity index (χ2v) is 8.88. The molecule has 0 unspecified atom stereocenters. The van der Waals surface area contributed by atoms with Gasteiger partial charge in [-0.25, -0.2) is 0 Å². The predicted octanol–water partition coefficient (Wildman–Crippen LogP) is 3.41. The van der Waals surface area contributed by atoms with Crippen molar-refractivity contribution in [3.63, 3.8) is 0 Å². The van der Waals surface area contributed by atoms with Crippen molar-refractivity contribution in [3.8, 4) is 5.69 Å². The van der Waals surface area contributed by atoms with E-state index in [1.165, 1.54) is 55.0 Å². The fourth-order valence-electron chi connectivity index (χ4n) is 4.55. The van der Waals surface area contributed by atoms with Crippen LogP contribution >= 0.6 is 11.8 Å². The Morgan fingerprint density at radius 3 is 2.63 bits per heavy atom. The van der Waals surface area contributed by atoms with Crippen LogP contribution in [0.1, 0.15) is 43.2 Å². The van der Waals surface area contributed by atoms with Crippen LogP contribution in [0.15, 0.2) is 23.4 Å². The number of tetrazole rings is 1. The Labute approximate surface area is 164 Å². The number of hydrogen-bond donors (Lipinski definition) is 0. The molecule has 0 N–H and O–H groups in total. The minimum Gasteiger partial charge on any atom is -0.342 e. The average Bonchev–Trinajstić information content (AvgIpc) is 3.13. The molecular formula is C20H27N5OS. The van der Waals surface area contributed by atoms with E-state index < -0.39 is 0 Å². The Hall–Kier alpha value is -1.89. The Bertz CT molecular complexity index is 800. The van der Waals surface area contributed by atoms with Crippen molar-refractivity contribution in [2.24, 2.45) is 11.8 Å². The summed E-state index contributed by atoms with van der Waals surface area (Å²) in [6.07, 6.45) is 6.49. The van der Waals surface area contributed by atoms with Gasteiger partial charge in [0.2, 0.25) is 11.1 Å². The second-order valence-electron chi connectivity index (χ2n) is 7.94. The molecule has 1 amide bonds. The molecule has 4 rings (SSSR count). The maximum Gasteiger partial charge on any atom is 0.233 e. The molecule has 1 saturated carbocycles. The number of piperidine rings is 1. The number of amides is 1. The zero-order valence-electron chi connectivity index (χ0n) is 16.1. The minimum atomic E-state index is 0.207. The summed E-state index contributed by atoms with van der Waals surface area (Å²) >= 11 is 1.43. The standard InChI is InChI=1S/C20H27N5OS/c1-14-9-15(2)11-18(10-14)25-20(21-22-23-25)27-13-19(26)24-8-7-16-5-3-4-6-17(16)12-24/h9-11,16-17H,3-8,12-13H2,1-2H3/t16-,17+/m1/s1. The molecule has 2 heterocycles. The number of benzene rings is 1. The van der Waals surface area contributed by atoms with Gasteiger partial charge in [0, 0.05) is 13.1 Å². The Morgan fingerprint density at radius 1 is 1.11 bits per heavy atom. The maximum atomic E-state index is 12.8. The van der Waals surface area contributed by atoms with Crippen molar-refractivity contribution >= 4 is 17.7 Å². The quantitative estimate of drug-likeness (QED) is 0.755. The number of aromatic nitrogens is 4. The molecule has 2 aliphatic rings. The van der Waals surface area contributed by atoms with E-state index >= 15 is 0 Å². The van der Waals surface area contributed by atoms with Gasteiger partial charge in [-0.15, -0.1) is 5.10 Å². The second kappa shape index (κ2) is 8.00. The molecule has 1 aliphatic heterocycles. The van der Waals surface area contributed by atoms with E-state index in [1.807, 2.05) is 0 Å². The lowest BCUT2D eigenvalue weighted by atomic mass is 9.75. The molecule has 1 aromatic carbocycles. The van der Waals surface area contributed by atoms with Crippen LogP contribution in [-0.2, 0) is 4.79 Å². The first-order chi connectivity index (χ1) is 13.1. The summed E-state index contributed by atoms with van der Waals surface area (Å²) in [4.78, 5) is 14.8. The Balaban J connectivity index is 1.39. The van der Waals surface area contributed by atoms with Crippen LogP contribution in [0.25, 0.3) is 5.69 Å². The van der Waals surface area contributed by atoms with Crippen molar-refractivity contribution < 1.29 is 4.79 Å². The van der Waals surface area contributed by atoms with Crippen LogP contribution in [-0.4, -0.2) is 49.9 Å². The number of fused-ring (bicyclic) bond motifs is 1. The molecule has 7 heteroatoms. The highest BCUT2D eigenvalue weighted by atomic mass is 32.2. The zero-order valence-corrected chi connectivity index (χ0v) is 16.9. The molecule has 1 aromatic heterocycles. The van der Waals surface area contributed by atoms with Crippen LogP contribution in [0.2, 0.25) is 0 Å². The van der Waals surface area contributed by atoms with E-state index in [4.69, 9.17) is 0 Å². The van der Waals surface area contributed by atoms with Crippen molar-refractivity contribution in [3.05, 3.63) is 29.3 Å². The predicted molar refractivity (Wildman–Crippen MR) is 106 cm³/mol. The summed E-state index contributed by atoms with van der Waals surface area (Å²) in [5.74, 6) is 2.15. The largest absolute Gasteiger partial charge is 0.342 e. The van der Waals surface area contributed by atoms with Gasteiger partial charge in [0.05, 0.1) is 11.4 Å². The van der Waals surface area contributed by atoms with Crippen LogP contribution in [0.5, 0.6) is 0 Å². The van der Waals surface area contributed by atoms with Crippen LogP contribution in [0.4, 0.5) is 0 Å². The maximum absolute atomic E-state index is 12.8. The summed E-state index contributed by atoms with van der Waals surface area (Å²) in [6, 6.07) is 6.24. The van der Waals surface area contributed by atoms with Gasteiger partial charge in [-0.3, -0.25) is 4.79 Å². The van der Waals surface area contributed by atoms with Gasteiger partial charge in [-0.05, 0) is 72.2 Å². The number of likely N-dealkylation sites (tertiary alicyclic amines) is 1. The molecule has 2 aromatic rings. The Morgan fingerprint density at radius 2 is 1.85 bits per heavy atom. The van der Waals surface area contributed by atoms with Crippen molar-refractivity contribution in [2.75, 3.05) is 18.8 Å². The fourth-order valence-corrected chi connectivity index (χ4v) is 5.34. The van der Waals surface area contributed by atoms with Crippen LogP contribution < -0.4 is 0 Å². The average molecular weight is 386 g/mol.